The number of imidazole rings is 1. The van der Waals surface area contributed by atoms with Gasteiger partial charge >= 0.3 is 5.97 Å². The molecule has 0 saturated carbocycles. The Hall–Kier alpha value is -1.36. The second-order valence-corrected chi connectivity index (χ2v) is 5.16. The van der Waals surface area contributed by atoms with Crippen molar-refractivity contribution < 1.29 is 9.90 Å². The fraction of sp³-hybridized carbons (Fsp3) is 0.692. The molecule has 1 fully saturated rings. The summed E-state index contributed by atoms with van der Waals surface area (Å²) in [5.74, 6) is 0.246. The van der Waals surface area contributed by atoms with Gasteiger partial charge in [-0.1, -0.05) is 6.42 Å². The van der Waals surface area contributed by atoms with Crippen molar-refractivity contribution in [2.75, 3.05) is 6.54 Å². The van der Waals surface area contributed by atoms with Crippen LogP contribution in [-0.4, -0.2) is 38.1 Å². The Kier molecular flexibility index (Phi) is 4.01. The van der Waals surface area contributed by atoms with Gasteiger partial charge in [-0.15, -0.1) is 0 Å². The minimum Gasteiger partial charge on any atom is -0.480 e. The van der Waals surface area contributed by atoms with Gasteiger partial charge < -0.3 is 9.67 Å². The highest BCUT2D eigenvalue weighted by Crippen LogP contribution is 2.20. The molecule has 1 saturated heterocycles. The SMILES string of the molecule is CC(C)n1ccnc1CN1CCCCC1C(=O)O. The summed E-state index contributed by atoms with van der Waals surface area (Å²) in [5.41, 5.74) is 0. The van der Waals surface area contributed by atoms with Crippen LogP contribution in [0.15, 0.2) is 12.4 Å². The third kappa shape index (κ3) is 2.72. The molecule has 18 heavy (non-hydrogen) atoms. The molecule has 0 aliphatic carbocycles. The molecule has 0 bridgehead atoms. The van der Waals surface area contributed by atoms with Gasteiger partial charge in [-0.25, -0.2) is 4.98 Å². The van der Waals surface area contributed by atoms with Crippen molar-refractivity contribution in [2.45, 2.75) is 51.7 Å². The molecule has 1 unspecified atom stereocenters. The first-order chi connectivity index (χ1) is 8.59. The van der Waals surface area contributed by atoms with Crippen LogP contribution in [0.5, 0.6) is 0 Å². The van der Waals surface area contributed by atoms with Crippen molar-refractivity contribution in [3.8, 4) is 0 Å². The van der Waals surface area contributed by atoms with Crippen LogP contribution in [0.1, 0.15) is 45.0 Å². The summed E-state index contributed by atoms with van der Waals surface area (Å²) in [6.07, 6.45) is 6.57. The molecule has 5 nitrogen and oxygen atoms in total. The van der Waals surface area contributed by atoms with E-state index >= 15 is 0 Å². The van der Waals surface area contributed by atoms with Crippen molar-refractivity contribution in [3.63, 3.8) is 0 Å². The molecule has 0 aromatic carbocycles. The minimum atomic E-state index is -0.711. The largest absolute Gasteiger partial charge is 0.480 e. The van der Waals surface area contributed by atoms with Gasteiger partial charge in [-0.05, 0) is 33.2 Å². The van der Waals surface area contributed by atoms with Crippen LogP contribution >= 0.6 is 0 Å². The first-order valence-corrected chi connectivity index (χ1v) is 6.58. The lowest BCUT2D eigenvalue weighted by atomic mass is 10.0. The Balaban J connectivity index is 2.11. The zero-order valence-corrected chi connectivity index (χ0v) is 11.0. The molecule has 1 aromatic rings. The lowest BCUT2D eigenvalue weighted by Crippen LogP contribution is -2.44. The molecular weight excluding hydrogens is 230 g/mol. The van der Waals surface area contributed by atoms with Crippen molar-refractivity contribution in [2.24, 2.45) is 0 Å². The average molecular weight is 251 g/mol. The summed E-state index contributed by atoms with van der Waals surface area (Å²) in [7, 11) is 0. The van der Waals surface area contributed by atoms with Gasteiger partial charge in [0, 0.05) is 18.4 Å². The van der Waals surface area contributed by atoms with E-state index in [1.807, 2.05) is 11.1 Å². The Bertz CT molecular complexity index is 414. The quantitative estimate of drug-likeness (QED) is 0.888. The highest BCUT2D eigenvalue weighted by Gasteiger charge is 2.29. The summed E-state index contributed by atoms with van der Waals surface area (Å²) in [6, 6.07) is 0.00614. The number of hydrogen-bond donors (Lipinski definition) is 1. The highest BCUT2D eigenvalue weighted by atomic mass is 16.4. The average Bonchev–Trinajstić information content (AvgIpc) is 2.77. The summed E-state index contributed by atoms with van der Waals surface area (Å²) in [4.78, 5) is 17.6. The number of nitrogens with zero attached hydrogens (tertiary/aromatic N) is 3. The number of carboxylic acid groups (broad SMARTS) is 1. The number of carbonyl (C=O) groups is 1. The number of aromatic nitrogens is 2. The number of hydrogen-bond acceptors (Lipinski definition) is 3. The lowest BCUT2D eigenvalue weighted by molar-refractivity contribution is -0.144. The molecule has 1 aromatic heterocycles. The van der Waals surface area contributed by atoms with Crippen LogP contribution in [0, 0.1) is 0 Å². The van der Waals surface area contributed by atoms with Crippen LogP contribution in [0.3, 0.4) is 0 Å². The first-order valence-electron chi connectivity index (χ1n) is 6.58. The Morgan fingerprint density at radius 3 is 3.00 bits per heavy atom. The highest BCUT2D eigenvalue weighted by molar-refractivity contribution is 5.73. The molecular formula is C13H21N3O2. The second-order valence-electron chi connectivity index (χ2n) is 5.16. The van der Waals surface area contributed by atoms with Crippen molar-refractivity contribution in [1.82, 2.24) is 14.5 Å². The monoisotopic (exact) mass is 251 g/mol. The molecule has 1 aliphatic rings. The summed E-state index contributed by atoms with van der Waals surface area (Å²) in [5, 5.41) is 9.25. The predicted octanol–water partition coefficient (Wildman–Crippen LogP) is 1.90. The van der Waals surface area contributed by atoms with Crippen molar-refractivity contribution in [3.05, 3.63) is 18.2 Å². The van der Waals surface area contributed by atoms with Gasteiger partial charge in [0.05, 0.1) is 6.54 Å². The molecule has 0 radical (unpaired) electrons. The molecule has 1 aliphatic heterocycles. The van der Waals surface area contributed by atoms with E-state index in [1.54, 1.807) is 6.20 Å². The second kappa shape index (κ2) is 5.52. The van der Waals surface area contributed by atoms with E-state index in [9.17, 15) is 9.90 Å². The van der Waals surface area contributed by atoms with Crippen LogP contribution < -0.4 is 0 Å². The molecule has 0 amide bonds. The zero-order chi connectivity index (χ0) is 13.1. The Labute approximate surface area is 107 Å². The Morgan fingerprint density at radius 1 is 1.56 bits per heavy atom. The summed E-state index contributed by atoms with van der Waals surface area (Å²) >= 11 is 0. The van der Waals surface area contributed by atoms with Gasteiger partial charge in [0.25, 0.3) is 0 Å². The van der Waals surface area contributed by atoms with E-state index < -0.39 is 5.97 Å². The summed E-state index contributed by atoms with van der Waals surface area (Å²) < 4.78 is 2.10. The van der Waals surface area contributed by atoms with Gasteiger partial charge in [0.2, 0.25) is 0 Å². The molecule has 1 atom stereocenters. The molecule has 2 heterocycles. The van der Waals surface area contributed by atoms with Crippen LogP contribution in [0.2, 0.25) is 0 Å². The standard InChI is InChI=1S/C13H21N3O2/c1-10(2)16-8-6-14-12(16)9-15-7-4-3-5-11(15)13(17)18/h6,8,10-11H,3-5,7,9H2,1-2H3,(H,17,18). The first kappa shape index (κ1) is 13.1. The van der Waals surface area contributed by atoms with Crippen LogP contribution in [0.25, 0.3) is 0 Å². The maximum Gasteiger partial charge on any atom is 0.320 e. The van der Waals surface area contributed by atoms with E-state index in [0.29, 0.717) is 12.6 Å². The van der Waals surface area contributed by atoms with Crippen molar-refractivity contribution in [1.29, 1.82) is 0 Å². The summed E-state index contributed by atoms with van der Waals surface area (Å²) in [6.45, 7) is 5.69. The van der Waals surface area contributed by atoms with E-state index in [4.69, 9.17) is 0 Å². The number of aliphatic carboxylic acids is 1. The van der Waals surface area contributed by atoms with E-state index in [2.05, 4.69) is 23.4 Å². The maximum atomic E-state index is 11.2. The van der Waals surface area contributed by atoms with E-state index in [-0.39, 0.29) is 6.04 Å². The number of carboxylic acids is 1. The van der Waals surface area contributed by atoms with Crippen LogP contribution in [0.4, 0.5) is 0 Å². The zero-order valence-electron chi connectivity index (χ0n) is 11.0. The van der Waals surface area contributed by atoms with Gasteiger partial charge in [0.1, 0.15) is 11.9 Å². The van der Waals surface area contributed by atoms with Gasteiger partial charge in [-0.2, -0.15) is 0 Å². The smallest absolute Gasteiger partial charge is 0.320 e. The van der Waals surface area contributed by atoms with Gasteiger partial charge in [-0.3, -0.25) is 9.69 Å². The molecule has 100 valence electrons. The fourth-order valence-electron chi connectivity index (χ4n) is 2.58. The van der Waals surface area contributed by atoms with Gasteiger partial charge in [0.15, 0.2) is 0 Å². The lowest BCUT2D eigenvalue weighted by Gasteiger charge is -2.32. The third-order valence-electron chi connectivity index (χ3n) is 3.55. The minimum absolute atomic E-state index is 0.351. The van der Waals surface area contributed by atoms with Crippen molar-refractivity contribution >= 4 is 5.97 Å². The number of rotatable bonds is 4. The van der Waals surface area contributed by atoms with E-state index in [0.717, 1.165) is 31.6 Å². The van der Waals surface area contributed by atoms with Crippen LogP contribution in [-0.2, 0) is 11.3 Å². The number of piperidine rings is 1. The molecule has 1 N–H and O–H groups in total. The maximum absolute atomic E-state index is 11.2. The molecule has 0 spiro atoms. The third-order valence-corrected chi connectivity index (χ3v) is 3.55. The normalized spacial score (nSPS) is 21.4. The molecule has 5 heteroatoms. The fourth-order valence-corrected chi connectivity index (χ4v) is 2.58. The predicted molar refractivity (Wildman–Crippen MR) is 68.3 cm³/mol. The molecule has 2 rings (SSSR count). The van der Waals surface area contributed by atoms with E-state index in [1.165, 1.54) is 0 Å². The number of likely N-dealkylation sites (tertiary alicyclic amines) is 1. The topological polar surface area (TPSA) is 58.4 Å². The Morgan fingerprint density at radius 2 is 2.33 bits per heavy atom.